The smallest absolute Gasteiger partial charge is 0.336 e. The SMILES string of the molecule is CCc1ccc2c(COC(=O)CCSc3ccc(F)cc3)cc(=O)oc2c1. The Morgan fingerprint density at radius 1 is 1.15 bits per heavy atom. The van der Waals surface area contributed by atoms with Gasteiger partial charge >= 0.3 is 11.6 Å². The largest absolute Gasteiger partial charge is 0.461 e. The topological polar surface area (TPSA) is 56.5 Å². The van der Waals surface area contributed by atoms with E-state index in [0.29, 0.717) is 16.9 Å². The van der Waals surface area contributed by atoms with Crippen molar-refractivity contribution in [2.45, 2.75) is 31.3 Å². The first-order valence-electron chi connectivity index (χ1n) is 8.65. The van der Waals surface area contributed by atoms with E-state index in [9.17, 15) is 14.0 Å². The van der Waals surface area contributed by atoms with Gasteiger partial charge in [0.1, 0.15) is 18.0 Å². The van der Waals surface area contributed by atoms with Crippen molar-refractivity contribution in [2.24, 2.45) is 0 Å². The molecule has 0 bridgehead atoms. The van der Waals surface area contributed by atoms with Crippen LogP contribution >= 0.6 is 11.8 Å². The van der Waals surface area contributed by atoms with E-state index in [1.54, 1.807) is 12.1 Å². The minimum Gasteiger partial charge on any atom is -0.461 e. The quantitative estimate of drug-likeness (QED) is 0.334. The summed E-state index contributed by atoms with van der Waals surface area (Å²) in [5, 5.41) is 0.764. The van der Waals surface area contributed by atoms with E-state index in [0.717, 1.165) is 22.3 Å². The lowest BCUT2D eigenvalue weighted by Crippen LogP contribution is -2.08. The standard InChI is InChI=1S/C21H19FO4S/c1-2-14-3-8-18-15(12-21(24)26-19(18)11-14)13-25-20(23)9-10-27-17-6-4-16(22)5-7-17/h3-8,11-12H,2,9-10,13H2,1H3. The molecule has 27 heavy (non-hydrogen) atoms. The van der Waals surface area contributed by atoms with Gasteiger partial charge in [-0.2, -0.15) is 0 Å². The lowest BCUT2D eigenvalue weighted by Gasteiger charge is -2.08. The third kappa shape index (κ3) is 5.20. The Morgan fingerprint density at radius 2 is 1.93 bits per heavy atom. The van der Waals surface area contributed by atoms with Gasteiger partial charge in [0.05, 0.1) is 6.42 Å². The zero-order valence-corrected chi connectivity index (χ0v) is 15.7. The summed E-state index contributed by atoms with van der Waals surface area (Å²) >= 11 is 1.46. The summed E-state index contributed by atoms with van der Waals surface area (Å²) in [4.78, 5) is 24.6. The fourth-order valence-corrected chi connectivity index (χ4v) is 3.46. The fraction of sp³-hybridized carbons (Fsp3) is 0.238. The number of hydrogen-bond donors (Lipinski definition) is 0. The first-order valence-corrected chi connectivity index (χ1v) is 9.63. The van der Waals surface area contributed by atoms with E-state index in [2.05, 4.69) is 0 Å². The molecular formula is C21H19FO4S. The number of rotatable bonds is 7. The second-order valence-corrected chi connectivity index (χ2v) is 7.16. The van der Waals surface area contributed by atoms with Gasteiger partial charge < -0.3 is 9.15 Å². The molecule has 0 unspecified atom stereocenters. The maximum atomic E-state index is 12.9. The van der Waals surface area contributed by atoms with Crippen molar-refractivity contribution in [3.8, 4) is 0 Å². The van der Waals surface area contributed by atoms with E-state index >= 15 is 0 Å². The molecule has 1 heterocycles. The molecule has 0 amide bonds. The van der Waals surface area contributed by atoms with Crippen LogP contribution in [-0.2, 0) is 22.6 Å². The maximum Gasteiger partial charge on any atom is 0.336 e. The molecule has 3 aromatic rings. The molecule has 0 fully saturated rings. The normalized spacial score (nSPS) is 10.9. The van der Waals surface area contributed by atoms with Crippen molar-refractivity contribution in [1.29, 1.82) is 0 Å². The highest BCUT2D eigenvalue weighted by atomic mass is 32.2. The van der Waals surface area contributed by atoms with Gasteiger partial charge in [-0.05, 0) is 42.3 Å². The van der Waals surface area contributed by atoms with Crippen molar-refractivity contribution in [3.05, 3.63) is 75.9 Å². The number of fused-ring (bicyclic) bond motifs is 1. The van der Waals surface area contributed by atoms with Crippen molar-refractivity contribution < 1.29 is 18.3 Å². The van der Waals surface area contributed by atoms with E-state index in [4.69, 9.17) is 9.15 Å². The first-order chi connectivity index (χ1) is 13.0. The van der Waals surface area contributed by atoms with E-state index in [-0.39, 0.29) is 24.8 Å². The monoisotopic (exact) mass is 386 g/mol. The van der Waals surface area contributed by atoms with Crippen LogP contribution in [0.15, 0.2) is 62.6 Å². The molecule has 3 rings (SSSR count). The second-order valence-electron chi connectivity index (χ2n) is 5.99. The number of ether oxygens (including phenoxy) is 1. The van der Waals surface area contributed by atoms with Crippen LogP contribution in [0.5, 0.6) is 0 Å². The molecule has 1 aromatic heterocycles. The summed E-state index contributed by atoms with van der Waals surface area (Å²) in [6.07, 6.45) is 1.06. The minimum atomic E-state index is -0.464. The molecule has 2 aromatic carbocycles. The Balaban J connectivity index is 1.58. The van der Waals surface area contributed by atoms with Gasteiger partial charge in [-0.25, -0.2) is 9.18 Å². The Kier molecular flexibility index (Phi) is 6.29. The van der Waals surface area contributed by atoms with Gasteiger partial charge in [0, 0.05) is 27.7 Å². The Hall–Kier alpha value is -2.60. The molecule has 4 nitrogen and oxygen atoms in total. The Bertz CT molecular complexity index is 995. The minimum absolute atomic E-state index is 0.0214. The predicted octanol–water partition coefficient (Wildman–Crippen LogP) is 4.72. The fourth-order valence-electron chi connectivity index (χ4n) is 2.63. The van der Waals surface area contributed by atoms with Crippen molar-refractivity contribution in [1.82, 2.24) is 0 Å². The van der Waals surface area contributed by atoms with Crippen molar-refractivity contribution in [2.75, 3.05) is 5.75 Å². The van der Waals surface area contributed by atoms with Gasteiger partial charge in [0.2, 0.25) is 0 Å². The van der Waals surface area contributed by atoms with E-state index < -0.39 is 5.63 Å². The molecule has 0 saturated heterocycles. The molecule has 0 spiro atoms. The summed E-state index contributed by atoms with van der Waals surface area (Å²) < 4.78 is 23.4. The summed E-state index contributed by atoms with van der Waals surface area (Å²) in [5.74, 6) is -0.109. The highest BCUT2D eigenvalue weighted by Crippen LogP contribution is 2.21. The summed E-state index contributed by atoms with van der Waals surface area (Å²) in [6.45, 7) is 2.04. The number of hydrogen-bond acceptors (Lipinski definition) is 5. The zero-order chi connectivity index (χ0) is 19.2. The zero-order valence-electron chi connectivity index (χ0n) is 14.9. The van der Waals surface area contributed by atoms with Crippen LogP contribution in [0, 0.1) is 5.82 Å². The molecule has 0 aliphatic heterocycles. The van der Waals surface area contributed by atoms with Crippen LogP contribution in [0.3, 0.4) is 0 Å². The van der Waals surface area contributed by atoms with Crippen LogP contribution in [-0.4, -0.2) is 11.7 Å². The number of aryl methyl sites for hydroxylation is 1. The third-order valence-corrected chi connectivity index (χ3v) is 5.09. The summed E-state index contributed by atoms with van der Waals surface area (Å²) in [7, 11) is 0. The summed E-state index contributed by atoms with van der Waals surface area (Å²) in [5.41, 5.74) is 1.73. The lowest BCUT2D eigenvalue weighted by atomic mass is 10.1. The van der Waals surface area contributed by atoms with Gasteiger partial charge in [-0.3, -0.25) is 4.79 Å². The number of carbonyl (C=O) groups is 1. The van der Waals surface area contributed by atoms with E-state index in [1.165, 1.54) is 30.0 Å². The number of benzene rings is 2. The van der Waals surface area contributed by atoms with Crippen LogP contribution in [0.4, 0.5) is 4.39 Å². The molecule has 0 atom stereocenters. The Labute approximate surface area is 160 Å². The summed E-state index contributed by atoms with van der Waals surface area (Å²) in [6, 6.07) is 13.2. The second kappa shape index (κ2) is 8.86. The Morgan fingerprint density at radius 3 is 2.67 bits per heavy atom. The van der Waals surface area contributed by atoms with Gasteiger partial charge in [-0.1, -0.05) is 19.1 Å². The van der Waals surface area contributed by atoms with Gasteiger partial charge in [0.25, 0.3) is 0 Å². The molecule has 0 aliphatic rings. The average Bonchev–Trinajstić information content (AvgIpc) is 2.67. The molecule has 0 aliphatic carbocycles. The molecule has 140 valence electrons. The molecular weight excluding hydrogens is 367 g/mol. The lowest BCUT2D eigenvalue weighted by molar-refractivity contribution is -0.144. The van der Waals surface area contributed by atoms with Gasteiger partial charge in [0.15, 0.2) is 0 Å². The van der Waals surface area contributed by atoms with Crippen molar-refractivity contribution >= 4 is 28.7 Å². The highest BCUT2D eigenvalue weighted by Gasteiger charge is 2.10. The number of thioether (sulfide) groups is 1. The number of esters is 1. The number of halogens is 1. The molecule has 0 radical (unpaired) electrons. The van der Waals surface area contributed by atoms with Crippen LogP contribution in [0.1, 0.15) is 24.5 Å². The predicted molar refractivity (Wildman–Crippen MR) is 103 cm³/mol. The molecule has 6 heteroatoms. The van der Waals surface area contributed by atoms with Crippen LogP contribution in [0.2, 0.25) is 0 Å². The van der Waals surface area contributed by atoms with Crippen LogP contribution in [0.25, 0.3) is 11.0 Å². The number of carbonyl (C=O) groups excluding carboxylic acids is 1. The molecule has 0 saturated carbocycles. The average molecular weight is 386 g/mol. The highest BCUT2D eigenvalue weighted by molar-refractivity contribution is 7.99. The van der Waals surface area contributed by atoms with E-state index in [1.807, 2.05) is 25.1 Å². The first kappa shape index (κ1) is 19.2. The van der Waals surface area contributed by atoms with Crippen LogP contribution < -0.4 is 5.63 Å². The maximum absolute atomic E-state index is 12.9. The third-order valence-electron chi connectivity index (χ3n) is 4.08. The van der Waals surface area contributed by atoms with Gasteiger partial charge in [-0.15, -0.1) is 11.8 Å². The van der Waals surface area contributed by atoms with Crippen molar-refractivity contribution in [3.63, 3.8) is 0 Å². The molecule has 0 N–H and O–H groups in total.